The average Bonchev–Trinajstić information content (AvgIpc) is 3.22. The van der Waals surface area contributed by atoms with Crippen molar-refractivity contribution in [1.82, 2.24) is 0 Å². The van der Waals surface area contributed by atoms with Crippen molar-refractivity contribution in [3.63, 3.8) is 0 Å². The molecule has 1 saturated carbocycles. The van der Waals surface area contributed by atoms with E-state index in [4.69, 9.17) is 110 Å². The lowest BCUT2D eigenvalue weighted by atomic mass is 10.00. The first-order valence-electron chi connectivity index (χ1n) is 22.0. The molecule has 0 aromatic carbocycles. The van der Waals surface area contributed by atoms with Crippen molar-refractivity contribution in [2.75, 3.05) is 76.7 Å². The molecule has 0 radical (unpaired) electrons. The van der Waals surface area contributed by atoms with E-state index >= 15 is 0 Å². The Hall–Kier alpha value is 4.49. The second-order valence-corrected chi connectivity index (χ2v) is 48.7. The Bertz CT molecular complexity index is 1030. The van der Waals surface area contributed by atoms with Crippen molar-refractivity contribution in [3.05, 3.63) is 0 Å². The Kier molecular flexibility index (Phi) is 34.5. The molecule has 1 aliphatic carbocycles. The smallest absolute Gasteiger partial charge is 0.374 e. The van der Waals surface area contributed by atoms with E-state index in [9.17, 15) is 0 Å². The second-order valence-electron chi connectivity index (χ2n) is 14.2. The van der Waals surface area contributed by atoms with Crippen LogP contribution in [-0.4, -0.2) is 112 Å². The molecule has 1 fully saturated rings. The highest BCUT2D eigenvalue weighted by Gasteiger charge is 2.64. The summed E-state index contributed by atoms with van der Waals surface area (Å²) >= 11 is 34.0. The van der Waals surface area contributed by atoms with Gasteiger partial charge in [0.05, 0.1) is 4.08 Å². The summed E-state index contributed by atoms with van der Waals surface area (Å²) in [5, 5.41) is 0.0378. The highest BCUT2D eigenvalue weighted by molar-refractivity contribution is 9.42. The van der Waals surface area contributed by atoms with Gasteiger partial charge in [0.2, 0.25) is 0 Å². The van der Waals surface area contributed by atoms with Gasteiger partial charge >= 0.3 is 26.4 Å². The van der Waals surface area contributed by atoms with Gasteiger partial charge in [-0.25, -0.2) is 0 Å². The van der Waals surface area contributed by atoms with Crippen LogP contribution in [0.5, 0.6) is 0 Å². The fourth-order valence-electron chi connectivity index (χ4n) is 8.12. The third-order valence-electron chi connectivity index (χ3n) is 10.5. The monoisotopic (exact) mass is 1130 g/mol. The molecule has 9 nitrogen and oxygen atoms in total. The van der Waals surface area contributed by atoms with Crippen molar-refractivity contribution in [3.8, 4) is 0 Å². The molecular weight excluding hydrogens is 1050 g/mol. The van der Waals surface area contributed by atoms with Gasteiger partial charge < -0.3 is 39.8 Å². The lowest BCUT2D eigenvalue weighted by Gasteiger charge is -2.67. The van der Waals surface area contributed by atoms with Gasteiger partial charge in [-0.2, -0.15) is 0 Å². The van der Waals surface area contributed by atoms with Gasteiger partial charge in [0, 0.05) is 94.3 Å². The Labute approximate surface area is 416 Å². The largest absolute Gasteiger partial charge is 0.501 e. The van der Waals surface area contributed by atoms with E-state index in [0.717, 1.165) is 44.3 Å². The minimum Gasteiger partial charge on any atom is -0.374 e. The topological polar surface area (TPSA) is 83.1 Å². The molecule has 0 aliphatic heterocycles. The summed E-state index contributed by atoms with van der Waals surface area (Å²) in [6, 6.07) is 1.85. The number of hydrogen-bond acceptors (Lipinski definition) is 18. The van der Waals surface area contributed by atoms with Crippen LogP contribution < -0.4 is 0 Å². The van der Waals surface area contributed by atoms with E-state index in [1.807, 2.05) is 62.3 Å². The fraction of sp³-hybridized carbons (Fsp3) is 1.00. The quantitative estimate of drug-likeness (QED) is 0.0215. The highest BCUT2D eigenvalue weighted by atomic mass is 33.7. The molecule has 0 spiro atoms. The number of rotatable bonds is 33. The molecule has 4 unspecified atom stereocenters. The highest BCUT2D eigenvalue weighted by Crippen LogP contribution is 2.95. The molecule has 0 aromatic heterocycles. The number of thiol groups is 6. The van der Waals surface area contributed by atoms with Crippen LogP contribution in [0.15, 0.2) is 0 Å². The SMILES string of the molecule is CCO[Si](CCS(S)(SS)C1CCCCCCCCCCC1(S(S)(CC[Si](OCC)(OCC)OCC)SS)S(S)(CC[Si](OCC)(OCC)OCC)SS)(OCC)OCC. The van der Waals surface area contributed by atoms with Crippen LogP contribution in [0.4, 0.5) is 0 Å². The summed E-state index contributed by atoms with van der Waals surface area (Å²) < 4.78 is 58.1. The molecule has 0 bridgehead atoms. The molecule has 0 aromatic rings. The zero-order valence-electron chi connectivity index (χ0n) is 38.1. The summed E-state index contributed by atoms with van der Waals surface area (Å²) in [5.74, 6) is 2.12. The van der Waals surface area contributed by atoms with Crippen molar-refractivity contribution in [1.29, 1.82) is 0 Å². The van der Waals surface area contributed by atoms with Gasteiger partial charge in [0.1, 0.15) is 0 Å². The lowest BCUT2D eigenvalue weighted by molar-refractivity contribution is 0.0720. The number of hydrogen-bond donors (Lipinski definition) is 6. The van der Waals surface area contributed by atoms with Gasteiger partial charge in [0.25, 0.3) is 0 Å². The second kappa shape index (κ2) is 33.1. The summed E-state index contributed by atoms with van der Waals surface area (Å²) in [6.07, 6.45) is 11.1. The van der Waals surface area contributed by atoms with E-state index in [1.54, 1.807) is 29.5 Å². The van der Waals surface area contributed by atoms with Gasteiger partial charge in [-0.15, -0.1) is 94.2 Å². The maximum absolute atomic E-state index is 6.53. The normalized spacial score (nSPS) is 23.9. The zero-order chi connectivity index (χ0) is 45.2. The molecule has 4 atom stereocenters. The van der Waals surface area contributed by atoms with Crippen LogP contribution in [0, 0.1) is 0 Å². The van der Waals surface area contributed by atoms with Crippen LogP contribution in [0.25, 0.3) is 0 Å². The first-order chi connectivity index (χ1) is 28.7. The van der Waals surface area contributed by atoms with E-state index in [1.165, 1.54) is 25.7 Å². The molecule has 60 heavy (non-hydrogen) atoms. The van der Waals surface area contributed by atoms with Gasteiger partial charge in [-0.3, -0.25) is 0 Å². The third-order valence-corrected chi connectivity index (χ3v) is 54.6. The Balaban J connectivity index is 4.49. The molecule has 0 saturated heterocycles. The molecule has 1 aliphatic rings. The predicted molar refractivity (Wildman–Crippen MR) is 303 cm³/mol. The third kappa shape index (κ3) is 18.0. The van der Waals surface area contributed by atoms with E-state index in [2.05, 4.69) is 0 Å². The summed E-state index contributed by atoms with van der Waals surface area (Å²) in [7, 11) is -10.6. The van der Waals surface area contributed by atoms with E-state index < -0.39 is 54.8 Å². The minimum atomic E-state index is -3.11. The van der Waals surface area contributed by atoms with Gasteiger partial charge in [0.15, 0.2) is 0 Å². The Morgan fingerprint density at radius 3 is 1.00 bits per heavy atom. The maximum atomic E-state index is 6.53. The summed E-state index contributed by atoms with van der Waals surface area (Å²) in [5.41, 5.74) is 0. The van der Waals surface area contributed by atoms with Crippen molar-refractivity contribution >= 4 is 150 Å². The van der Waals surface area contributed by atoms with Crippen LogP contribution in [0.3, 0.4) is 0 Å². The Morgan fingerprint density at radius 2 is 0.717 bits per heavy atom. The molecule has 1 rings (SSSR count). The molecule has 24 heteroatoms. The summed E-state index contributed by atoms with van der Waals surface area (Å²) in [6.45, 7) is 22.7. The van der Waals surface area contributed by atoms with Gasteiger partial charge in [-0.05, 0) is 110 Å². The molecule has 366 valence electrons. The first kappa shape index (κ1) is 62.5. The Morgan fingerprint density at radius 1 is 0.433 bits per heavy atom. The van der Waals surface area contributed by atoms with Crippen LogP contribution in [0.2, 0.25) is 18.1 Å². The maximum Gasteiger partial charge on any atom is 0.501 e. The molecule has 0 heterocycles. The van der Waals surface area contributed by atoms with Crippen molar-refractivity contribution in [2.24, 2.45) is 0 Å². The fourth-order valence-corrected chi connectivity index (χ4v) is 54.6. The standard InChI is InChI=1S/C36H84O9S12Si3/c1-10-37-58(38-11-2,39-12-3)32-29-55(49,52-46)35-27-25-23-21-19-20-22-24-26-28-36(35,56(50,53-47)30-33-59(40-13-4,41-14-5)42-15-6)57(51,54-48)31-34-60(43-16-7,44-17-8)45-18-9/h35,46-51H,10-34H2,1-9H3. The summed E-state index contributed by atoms with van der Waals surface area (Å²) in [4.78, 5) is 0. The zero-order valence-corrected chi connectivity index (χ0v) is 51.3. The van der Waals surface area contributed by atoms with Crippen LogP contribution >= 0.6 is 124 Å². The van der Waals surface area contributed by atoms with Crippen molar-refractivity contribution in [2.45, 2.75) is 154 Å². The van der Waals surface area contributed by atoms with Crippen molar-refractivity contribution < 1.29 is 39.8 Å². The van der Waals surface area contributed by atoms with Crippen LogP contribution in [0.1, 0.15) is 127 Å². The molecular formula is C36H84O9S12Si3. The first-order valence-corrected chi connectivity index (χ1v) is 43.6. The predicted octanol–water partition coefficient (Wildman–Crippen LogP) is 14.5. The van der Waals surface area contributed by atoms with Gasteiger partial charge in [-0.1, -0.05) is 51.4 Å². The molecule has 0 amide bonds. The minimum absolute atomic E-state index is 0.0378. The van der Waals surface area contributed by atoms with Crippen LogP contribution in [-0.2, 0) is 39.8 Å². The average molecular weight is 1130 g/mol. The molecule has 0 N–H and O–H groups in total. The van der Waals surface area contributed by atoms with E-state index in [-0.39, 0.29) is 5.25 Å². The lowest BCUT2D eigenvalue weighted by Crippen LogP contribution is -2.53. The van der Waals surface area contributed by atoms with E-state index in [0.29, 0.717) is 89.1 Å².